The number of rotatable bonds is 6. The van der Waals surface area contributed by atoms with Gasteiger partial charge in [-0.05, 0) is 37.1 Å². The van der Waals surface area contributed by atoms with Crippen LogP contribution >= 0.6 is 11.3 Å². The number of thiazole rings is 1. The molecule has 0 radical (unpaired) electrons. The molecular formula is C22H22N2O3S. The van der Waals surface area contributed by atoms with E-state index in [1.54, 1.807) is 10.3 Å². The van der Waals surface area contributed by atoms with Crippen LogP contribution in [0.25, 0.3) is 0 Å². The molecule has 2 aromatic carbocycles. The van der Waals surface area contributed by atoms with Crippen molar-refractivity contribution in [3.8, 4) is 0 Å². The van der Waals surface area contributed by atoms with Gasteiger partial charge in [-0.2, -0.15) is 0 Å². The molecule has 0 saturated heterocycles. The van der Waals surface area contributed by atoms with E-state index in [9.17, 15) is 9.59 Å². The Morgan fingerprint density at radius 3 is 2.50 bits per heavy atom. The van der Waals surface area contributed by atoms with Crippen LogP contribution < -0.4 is 4.90 Å². The number of esters is 1. The van der Waals surface area contributed by atoms with Crippen molar-refractivity contribution < 1.29 is 14.3 Å². The largest absolute Gasteiger partial charge is 0.459 e. The molecule has 0 aliphatic rings. The Hall–Kier alpha value is -2.99. The molecule has 0 aliphatic heterocycles. The van der Waals surface area contributed by atoms with Gasteiger partial charge in [-0.15, -0.1) is 11.3 Å². The first-order valence-electron chi connectivity index (χ1n) is 8.95. The van der Waals surface area contributed by atoms with Gasteiger partial charge in [-0.1, -0.05) is 42.0 Å². The third kappa shape index (κ3) is 5.04. The second-order valence-corrected chi connectivity index (χ2v) is 7.47. The highest BCUT2D eigenvalue weighted by Gasteiger charge is 2.18. The quantitative estimate of drug-likeness (QED) is 0.567. The van der Waals surface area contributed by atoms with E-state index in [1.165, 1.54) is 18.3 Å². The fraction of sp³-hybridized carbons (Fsp3) is 0.227. The second-order valence-electron chi connectivity index (χ2n) is 6.64. The predicted octanol–water partition coefficient (Wildman–Crippen LogP) is 4.73. The lowest BCUT2D eigenvalue weighted by Crippen LogP contribution is -2.22. The zero-order chi connectivity index (χ0) is 20.1. The number of hydrogen-bond acceptors (Lipinski definition) is 5. The predicted molar refractivity (Wildman–Crippen MR) is 111 cm³/mol. The SMILES string of the molecule is CC(=O)N(c1cccc(C)c1)c1nc(COC(=O)Cc2ccc(C)cc2)cs1. The maximum absolute atomic E-state index is 12.2. The number of carbonyl (C=O) groups excluding carboxylic acids is 2. The van der Waals surface area contributed by atoms with Crippen LogP contribution in [0.15, 0.2) is 53.9 Å². The Morgan fingerprint density at radius 2 is 1.82 bits per heavy atom. The molecular weight excluding hydrogens is 372 g/mol. The molecule has 0 fully saturated rings. The zero-order valence-electron chi connectivity index (χ0n) is 16.1. The van der Waals surface area contributed by atoms with Crippen LogP contribution in [-0.2, 0) is 27.4 Å². The molecule has 6 heteroatoms. The lowest BCUT2D eigenvalue weighted by atomic mass is 10.1. The van der Waals surface area contributed by atoms with Crippen molar-refractivity contribution in [3.63, 3.8) is 0 Å². The average molecular weight is 394 g/mol. The number of benzene rings is 2. The molecule has 0 unspecified atom stereocenters. The van der Waals surface area contributed by atoms with Gasteiger partial charge in [-0.3, -0.25) is 14.5 Å². The summed E-state index contributed by atoms with van der Waals surface area (Å²) in [6, 6.07) is 15.5. The number of aryl methyl sites for hydroxylation is 2. The van der Waals surface area contributed by atoms with Gasteiger partial charge in [0, 0.05) is 12.3 Å². The fourth-order valence-electron chi connectivity index (χ4n) is 2.74. The van der Waals surface area contributed by atoms with E-state index in [0.717, 1.165) is 22.4 Å². The summed E-state index contributed by atoms with van der Waals surface area (Å²) < 4.78 is 5.34. The summed E-state index contributed by atoms with van der Waals surface area (Å²) in [6.07, 6.45) is 0.222. The van der Waals surface area contributed by atoms with Gasteiger partial charge in [0.05, 0.1) is 17.8 Å². The Kier molecular flexibility index (Phi) is 6.21. The van der Waals surface area contributed by atoms with Crippen LogP contribution in [0.5, 0.6) is 0 Å². The molecule has 0 N–H and O–H groups in total. The summed E-state index contributed by atoms with van der Waals surface area (Å²) in [6.45, 7) is 5.57. The van der Waals surface area contributed by atoms with Gasteiger partial charge in [0.25, 0.3) is 0 Å². The summed E-state index contributed by atoms with van der Waals surface area (Å²) in [7, 11) is 0. The van der Waals surface area contributed by atoms with Crippen molar-refractivity contribution in [2.24, 2.45) is 0 Å². The molecule has 5 nitrogen and oxygen atoms in total. The Bertz CT molecular complexity index is 979. The van der Waals surface area contributed by atoms with Crippen LogP contribution in [0.4, 0.5) is 10.8 Å². The molecule has 0 aliphatic carbocycles. The lowest BCUT2D eigenvalue weighted by molar-refractivity contribution is -0.144. The summed E-state index contributed by atoms with van der Waals surface area (Å²) >= 11 is 1.35. The van der Waals surface area contributed by atoms with Crippen LogP contribution in [0.2, 0.25) is 0 Å². The Labute approximate surface area is 168 Å². The van der Waals surface area contributed by atoms with Gasteiger partial charge in [0.2, 0.25) is 5.91 Å². The van der Waals surface area contributed by atoms with Gasteiger partial charge < -0.3 is 4.74 Å². The molecule has 1 heterocycles. The van der Waals surface area contributed by atoms with Crippen molar-refractivity contribution in [3.05, 3.63) is 76.3 Å². The first-order valence-corrected chi connectivity index (χ1v) is 9.83. The number of anilines is 2. The highest BCUT2D eigenvalue weighted by molar-refractivity contribution is 7.14. The first kappa shape index (κ1) is 19.8. The number of amides is 1. The third-order valence-electron chi connectivity index (χ3n) is 4.16. The zero-order valence-corrected chi connectivity index (χ0v) is 17.0. The van der Waals surface area contributed by atoms with E-state index in [4.69, 9.17) is 4.74 Å². The van der Waals surface area contributed by atoms with E-state index in [0.29, 0.717) is 10.8 Å². The van der Waals surface area contributed by atoms with Crippen molar-refractivity contribution >= 4 is 34.0 Å². The van der Waals surface area contributed by atoms with Crippen molar-refractivity contribution in [2.45, 2.75) is 33.8 Å². The molecule has 1 amide bonds. The van der Waals surface area contributed by atoms with Crippen molar-refractivity contribution in [2.75, 3.05) is 4.90 Å². The van der Waals surface area contributed by atoms with Crippen LogP contribution in [0.1, 0.15) is 29.3 Å². The number of ether oxygens (including phenoxy) is 1. The maximum Gasteiger partial charge on any atom is 0.310 e. The van der Waals surface area contributed by atoms with E-state index in [-0.39, 0.29) is 24.9 Å². The summed E-state index contributed by atoms with van der Waals surface area (Å²) in [5.74, 6) is -0.427. The van der Waals surface area contributed by atoms with Crippen LogP contribution in [0, 0.1) is 13.8 Å². The molecule has 144 valence electrons. The monoisotopic (exact) mass is 394 g/mol. The first-order chi connectivity index (χ1) is 13.4. The molecule has 1 aromatic heterocycles. The van der Waals surface area contributed by atoms with E-state index < -0.39 is 0 Å². The van der Waals surface area contributed by atoms with E-state index >= 15 is 0 Å². The van der Waals surface area contributed by atoms with E-state index in [1.807, 2.05) is 62.4 Å². The number of hydrogen-bond donors (Lipinski definition) is 0. The second kappa shape index (κ2) is 8.80. The topological polar surface area (TPSA) is 59.5 Å². The molecule has 3 aromatic rings. The summed E-state index contributed by atoms with van der Waals surface area (Å²) in [4.78, 5) is 30.3. The van der Waals surface area contributed by atoms with Crippen molar-refractivity contribution in [1.82, 2.24) is 4.98 Å². The number of nitrogens with zero attached hydrogens (tertiary/aromatic N) is 2. The summed E-state index contributed by atoms with van der Waals surface area (Å²) in [5.41, 5.74) is 4.51. The van der Waals surface area contributed by atoms with Gasteiger partial charge in [0.15, 0.2) is 5.13 Å². The van der Waals surface area contributed by atoms with Gasteiger partial charge >= 0.3 is 5.97 Å². The Balaban J connectivity index is 1.64. The molecule has 0 saturated carbocycles. The normalized spacial score (nSPS) is 10.5. The fourth-order valence-corrected chi connectivity index (χ4v) is 3.61. The standard InChI is InChI=1S/C22H22N2O3S/c1-15-7-9-18(10-8-15)12-21(26)27-13-19-14-28-22(23-19)24(17(3)25)20-6-4-5-16(2)11-20/h4-11,14H,12-13H2,1-3H3. The molecule has 28 heavy (non-hydrogen) atoms. The van der Waals surface area contributed by atoms with Gasteiger partial charge in [0.1, 0.15) is 6.61 Å². The van der Waals surface area contributed by atoms with Crippen molar-refractivity contribution in [1.29, 1.82) is 0 Å². The molecule has 0 atom stereocenters. The smallest absolute Gasteiger partial charge is 0.310 e. The van der Waals surface area contributed by atoms with Gasteiger partial charge in [-0.25, -0.2) is 4.98 Å². The Morgan fingerprint density at radius 1 is 1.07 bits per heavy atom. The van der Waals surface area contributed by atoms with E-state index in [2.05, 4.69) is 4.98 Å². The van der Waals surface area contributed by atoms with Crippen LogP contribution in [0.3, 0.4) is 0 Å². The minimum atomic E-state index is -0.305. The number of carbonyl (C=O) groups is 2. The minimum Gasteiger partial charge on any atom is -0.459 e. The molecule has 3 rings (SSSR count). The average Bonchev–Trinajstić information content (AvgIpc) is 3.10. The molecule has 0 bridgehead atoms. The minimum absolute atomic E-state index is 0.0841. The highest BCUT2D eigenvalue weighted by atomic mass is 32.1. The third-order valence-corrected chi connectivity index (χ3v) is 5.03. The highest BCUT2D eigenvalue weighted by Crippen LogP contribution is 2.29. The number of aromatic nitrogens is 1. The maximum atomic E-state index is 12.2. The summed E-state index contributed by atoms with van der Waals surface area (Å²) in [5, 5.41) is 2.36. The van der Waals surface area contributed by atoms with Crippen LogP contribution in [-0.4, -0.2) is 16.9 Å². The lowest BCUT2D eigenvalue weighted by Gasteiger charge is -2.18. The molecule has 0 spiro atoms.